The first kappa shape index (κ1) is 15.2. The van der Waals surface area contributed by atoms with E-state index in [1.54, 1.807) is 20.1 Å². The van der Waals surface area contributed by atoms with Crippen molar-refractivity contribution in [1.82, 2.24) is 20.1 Å². The van der Waals surface area contributed by atoms with Crippen LogP contribution in [0.4, 0.5) is 0 Å². The van der Waals surface area contributed by atoms with Gasteiger partial charge in [-0.3, -0.25) is 4.79 Å². The molecule has 0 saturated carbocycles. The lowest BCUT2D eigenvalue weighted by Gasteiger charge is -2.00. The fraction of sp³-hybridized carbons (Fsp3) is 0.200. The molecule has 0 aliphatic carbocycles. The Morgan fingerprint density at radius 1 is 1.35 bits per heavy atom. The van der Waals surface area contributed by atoms with Gasteiger partial charge < -0.3 is 14.6 Å². The van der Waals surface area contributed by atoms with Crippen molar-refractivity contribution in [3.05, 3.63) is 46.6 Å². The predicted octanol–water partition coefficient (Wildman–Crippen LogP) is 2.44. The summed E-state index contributed by atoms with van der Waals surface area (Å²) >= 11 is 1.07. The lowest BCUT2D eigenvalue weighted by molar-refractivity contribution is 0.0953. The number of aromatic nitrogens is 3. The summed E-state index contributed by atoms with van der Waals surface area (Å²) in [6, 6.07) is 9.25. The second-order valence-corrected chi connectivity index (χ2v) is 5.54. The number of amides is 1. The SMILES string of the molecule is COc1ccc(-c2cc(CNC(=O)c3snnc3C)no2)cc1. The summed E-state index contributed by atoms with van der Waals surface area (Å²) in [4.78, 5) is 12.5. The van der Waals surface area contributed by atoms with E-state index in [4.69, 9.17) is 9.26 Å². The first-order valence-electron chi connectivity index (χ1n) is 6.84. The van der Waals surface area contributed by atoms with Gasteiger partial charge in [-0.1, -0.05) is 9.64 Å². The molecule has 8 heteroatoms. The Hall–Kier alpha value is -2.74. The van der Waals surface area contributed by atoms with Crippen molar-refractivity contribution in [2.24, 2.45) is 0 Å². The number of rotatable bonds is 5. The number of nitrogens with zero attached hydrogens (tertiary/aromatic N) is 3. The molecule has 118 valence electrons. The van der Waals surface area contributed by atoms with E-state index in [1.165, 1.54) is 0 Å². The van der Waals surface area contributed by atoms with E-state index in [2.05, 4.69) is 20.1 Å². The van der Waals surface area contributed by atoms with Crippen LogP contribution >= 0.6 is 11.5 Å². The summed E-state index contributed by atoms with van der Waals surface area (Å²) in [5.74, 6) is 1.19. The molecule has 0 spiro atoms. The summed E-state index contributed by atoms with van der Waals surface area (Å²) in [5.41, 5.74) is 2.14. The summed E-state index contributed by atoms with van der Waals surface area (Å²) in [6.45, 7) is 2.02. The molecule has 0 fully saturated rings. The zero-order valence-electron chi connectivity index (χ0n) is 12.6. The van der Waals surface area contributed by atoms with Crippen LogP contribution in [-0.4, -0.2) is 27.8 Å². The molecular formula is C15H14N4O3S. The molecule has 0 aliphatic heterocycles. The van der Waals surface area contributed by atoms with E-state index in [0.717, 1.165) is 22.8 Å². The highest BCUT2D eigenvalue weighted by atomic mass is 32.1. The third kappa shape index (κ3) is 3.37. The van der Waals surface area contributed by atoms with Crippen LogP contribution in [-0.2, 0) is 6.54 Å². The average Bonchev–Trinajstić information content (AvgIpc) is 3.22. The normalized spacial score (nSPS) is 10.5. The molecule has 0 unspecified atom stereocenters. The largest absolute Gasteiger partial charge is 0.497 e. The zero-order chi connectivity index (χ0) is 16.2. The molecule has 0 atom stereocenters. The maximum Gasteiger partial charge on any atom is 0.265 e. The molecule has 1 aromatic carbocycles. The number of nitrogens with one attached hydrogen (secondary N) is 1. The van der Waals surface area contributed by atoms with E-state index in [1.807, 2.05) is 24.3 Å². The number of aryl methyl sites for hydroxylation is 1. The van der Waals surface area contributed by atoms with Crippen LogP contribution in [0, 0.1) is 6.92 Å². The first-order valence-corrected chi connectivity index (χ1v) is 7.62. The lowest BCUT2D eigenvalue weighted by Crippen LogP contribution is -2.22. The number of methoxy groups -OCH3 is 1. The van der Waals surface area contributed by atoms with Crippen LogP contribution < -0.4 is 10.1 Å². The van der Waals surface area contributed by atoms with Gasteiger partial charge >= 0.3 is 0 Å². The molecule has 7 nitrogen and oxygen atoms in total. The van der Waals surface area contributed by atoms with Crippen molar-refractivity contribution >= 4 is 17.4 Å². The summed E-state index contributed by atoms with van der Waals surface area (Å²) in [7, 11) is 1.62. The standard InChI is InChI=1S/C15H14N4O3S/c1-9-14(23-19-17-9)15(20)16-8-11-7-13(22-18-11)10-3-5-12(21-2)6-4-10/h3-7H,8H2,1-2H3,(H,16,20). The number of benzene rings is 1. The summed E-state index contributed by atoms with van der Waals surface area (Å²) in [6.07, 6.45) is 0. The van der Waals surface area contributed by atoms with Gasteiger partial charge in [-0.15, -0.1) is 5.10 Å². The highest BCUT2D eigenvalue weighted by Gasteiger charge is 2.14. The Labute approximate surface area is 136 Å². The van der Waals surface area contributed by atoms with Crippen molar-refractivity contribution in [3.63, 3.8) is 0 Å². The topological polar surface area (TPSA) is 90.1 Å². The molecule has 3 rings (SSSR count). The number of carbonyl (C=O) groups excluding carboxylic acids is 1. The monoisotopic (exact) mass is 330 g/mol. The number of hydrogen-bond donors (Lipinski definition) is 1. The Morgan fingerprint density at radius 3 is 2.78 bits per heavy atom. The zero-order valence-corrected chi connectivity index (χ0v) is 13.4. The van der Waals surface area contributed by atoms with Gasteiger partial charge in [0.15, 0.2) is 5.76 Å². The Bertz CT molecular complexity index is 810. The van der Waals surface area contributed by atoms with Crippen LogP contribution in [0.5, 0.6) is 5.75 Å². The second-order valence-electron chi connectivity index (χ2n) is 4.78. The van der Waals surface area contributed by atoms with Gasteiger partial charge in [-0.05, 0) is 42.7 Å². The van der Waals surface area contributed by atoms with E-state index >= 15 is 0 Å². The molecule has 0 bridgehead atoms. The van der Waals surface area contributed by atoms with Crippen molar-refractivity contribution in [1.29, 1.82) is 0 Å². The van der Waals surface area contributed by atoms with Crippen molar-refractivity contribution in [3.8, 4) is 17.1 Å². The van der Waals surface area contributed by atoms with Crippen LogP contribution in [0.15, 0.2) is 34.9 Å². The van der Waals surface area contributed by atoms with Gasteiger partial charge in [0.05, 0.1) is 19.3 Å². The minimum absolute atomic E-state index is 0.216. The maximum absolute atomic E-state index is 12.0. The van der Waals surface area contributed by atoms with E-state index < -0.39 is 0 Å². The minimum Gasteiger partial charge on any atom is -0.497 e. The molecule has 1 N–H and O–H groups in total. The molecule has 0 radical (unpaired) electrons. The maximum atomic E-state index is 12.0. The van der Waals surface area contributed by atoms with Crippen molar-refractivity contribution < 1.29 is 14.1 Å². The lowest BCUT2D eigenvalue weighted by atomic mass is 10.1. The molecule has 23 heavy (non-hydrogen) atoms. The highest BCUT2D eigenvalue weighted by molar-refractivity contribution is 7.07. The smallest absolute Gasteiger partial charge is 0.265 e. The predicted molar refractivity (Wildman–Crippen MR) is 84.3 cm³/mol. The van der Waals surface area contributed by atoms with Crippen LogP contribution in [0.25, 0.3) is 11.3 Å². The molecule has 3 aromatic rings. The number of hydrogen-bond acceptors (Lipinski definition) is 7. The third-order valence-electron chi connectivity index (χ3n) is 3.22. The Morgan fingerprint density at radius 2 is 2.13 bits per heavy atom. The quantitative estimate of drug-likeness (QED) is 0.773. The van der Waals surface area contributed by atoms with E-state index in [9.17, 15) is 4.79 Å². The average molecular weight is 330 g/mol. The molecule has 2 heterocycles. The van der Waals surface area contributed by atoms with Gasteiger partial charge in [-0.2, -0.15) is 0 Å². The first-order chi connectivity index (χ1) is 11.2. The molecule has 0 saturated heterocycles. The molecular weight excluding hydrogens is 316 g/mol. The van der Waals surface area contributed by atoms with Gasteiger partial charge in [-0.25, -0.2) is 0 Å². The summed E-state index contributed by atoms with van der Waals surface area (Å²) < 4.78 is 14.2. The minimum atomic E-state index is -0.216. The van der Waals surface area contributed by atoms with Crippen molar-refractivity contribution in [2.45, 2.75) is 13.5 Å². The van der Waals surface area contributed by atoms with Gasteiger partial charge in [0.25, 0.3) is 5.91 Å². The Kier molecular flexibility index (Phi) is 4.33. The van der Waals surface area contributed by atoms with Gasteiger partial charge in [0.1, 0.15) is 16.3 Å². The second kappa shape index (κ2) is 6.57. The fourth-order valence-corrected chi connectivity index (χ4v) is 2.55. The van der Waals surface area contributed by atoms with Crippen LogP contribution in [0.1, 0.15) is 21.1 Å². The van der Waals surface area contributed by atoms with Crippen LogP contribution in [0.2, 0.25) is 0 Å². The van der Waals surface area contributed by atoms with E-state index in [0.29, 0.717) is 22.0 Å². The molecule has 1 amide bonds. The van der Waals surface area contributed by atoms with E-state index in [-0.39, 0.29) is 12.5 Å². The van der Waals surface area contributed by atoms with Crippen molar-refractivity contribution in [2.75, 3.05) is 7.11 Å². The Balaban J connectivity index is 1.65. The summed E-state index contributed by atoms with van der Waals surface area (Å²) in [5, 5.41) is 10.6. The number of ether oxygens (including phenoxy) is 1. The fourth-order valence-electron chi connectivity index (χ4n) is 1.98. The third-order valence-corrected chi connectivity index (χ3v) is 4.05. The molecule has 2 aromatic heterocycles. The highest BCUT2D eigenvalue weighted by Crippen LogP contribution is 2.23. The van der Waals surface area contributed by atoms with Crippen LogP contribution in [0.3, 0.4) is 0 Å². The number of carbonyl (C=O) groups is 1. The van der Waals surface area contributed by atoms with Gasteiger partial charge in [0.2, 0.25) is 0 Å². The molecule has 0 aliphatic rings. The van der Waals surface area contributed by atoms with Gasteiger partial charge in [0, 0.05) is 11.6 Å².